The quantitative estimate of drug-likeness (QED) is 0.750. The lowest BCUT2D eigenvalue weighted by molar-refractivity contribution is 1.26. The lowest BCUT2D eigenvalue weighted by Gasteiger charge is -2.01. The first-order chi connectivity index (χ1) is 7.86. The zero-order valence-corrected chi connectivity index (χ0v) is 9.43. The molecule has 1 nitrogen and oxygen atoms in total. The van der Waals surface area contributed by atoms with Crippen LogP contribution in [-0.4, -0.2) is 4.98 Å². The van der Waals surface area contributed by atoms with Gasteiger partial charge in [0.1, 0.15) is 0 Å². The first-order valence-electron chi connectivity index (χ1n) is 5.47. The molecular formula is C15H15N. The van der Waals surface area contributed by atoms with E-state index in [4.69, 9.17) is 0 Å². The third kappa shape index (κ3) is 2.80. The highest BCUT2D eigenvalue weighted by atomic mass is 14.6. The van der Waals surface area contributed by atoms with E-state index in [0.29, 0.717) is 0 Å². The number of nitrogens with zero attached hydrogens (tertiary/aromatic N) is 1. The van der Waals surface area contributed by atoms with Gasteiger partial charge in [-0.25, -0.2) is 0 Å². The molecule has 0 saturated carbocycles. The van der Waals surface area contributed by atoms with Gasteiger partial charge in [0.2, 0.25) is 0 Å². The SMILES string of the molecule is CC(=CCc1ccccc1)c1ccncc1. The van der Waals surface area contributed by atoms with Crippen LogP contribution in [-0.2, 0) is 6.42 Å². The Hall–Kier alpha value is -1.89. The molecule has 1 aromatic heterocycles. The molecule has 0 aliphatic heterocycles. The largest absolute Gasteiger partial charge is 0.265 e. The van der Waals surface area contributed by atoms with Crippen molar-refractivity contribution >= 4 is 5.57 Å². The Balaban J connectivity index is 2.09. The van der Waals surface area contributed by atoms with Crippen molar-refractivity contribution in [2.24, 2.45) is 0 Å². The molecule has 1 heterocycles. The molecule has 0 saturated heterocycles. The second kappa shape index (κ2) is 5.26. The van der Waals surface area contributed by atoms with Gasteiger partial charge in [-0.15, -0.1) is 0 Å². The summed E-state index contributed by atoms with van der Waals surface area (Å²) in [5, 5.41) is 0. The summed E-state index contributed by atoms with van der Waals surface area (Å²) in [5.74, 6) is 0. The predicted octanol–water partition coefficient (Wildman–Crippen LogP) is 3.73. The van der Waals surface area contributed by atoms with E-state index in [-0.39, 0.29) is 0 Å². The number of rotatable bonds is 3. The monoisotopic (exact) mass is 209 g/mol. The van der Waals surface area contributed by atoms with Gasteiger partial charge in [-0.2, -0.15) is 0 Å². The van der Waals surface area contributed by atoms with Crippen LogP contribution in [0.15, 0.2) is 60.9 Å². The van der Waals surface area contributed by atoms with E-state index in [9.17, 15) is 0 Å². The summed E-state index contributed by atoms with van der Waals surface area (Å²) in [7, 11) is 0. The zero-order chi connectivity index (χ0) is 11.2. The molecule has 0 aliphatic carbocycles. The Labute approximate surface area is 96.5 Å². The number of benzene rings is 1. The normalized spacial score (nSPS) is 11.4. The fourth-order valence-electron chi connectivity index (χ4n) is 1.62. The van der Waals surface area contributed by atoms with E-state index in [1.807, 2.05) is 30.6 Å². The smallest absolute Gasteiger partial charge is 0.0273 e. The van der Waals surface area contributed by atoms with E-state index >= 15 is 0 Å². The van der Waals surface area contributed by atoms with Crippen molar-refractivity contribution in [1.29, 1.82) is 0 Å². The van der Waals surface area contributed by atoms with E-state index in [1.165, 1.54) is 16.7 Å². The van der Waals surface area contributed by atoms with E-state index in [0.717, 1.165) is 6.42 Å². The number of hydrogen-bond donors (Lipinski definition) is 0. The maximum absolute atomic E-state index is 4.02. The van der Waals surface area contributed by atoms with Crippen molar-refractivity contribution < 1.29 is 0 Å². The second-order valence-electron chi connectivity index (χ2n) is 3.81. The average molecular weight is 209 g/mol. The van der Waals surface area contributed by atoms with Gasteiger partial charge in [-0.1, -0.05) is 36.4 Å². The Bertz CT molecular complexity index is 457. The molecule has 0 amide bonds. The maximum Gasteiger partial charge on any atom is 0.0273 e. The maximum atomic E-state index is 4.02. The summed E-state index contributed by atoms with van der Waals surface area (Å²) in [6.45, 7) is 2.14. The van der Waals surface area contributed by atoms with Crippen LogP contribution in [0.25, 0.3) is 5.57 Å². The summed E-state index contributed by atoms with van der Waals surface area (Å²) >= 11 is 0. The van der Waals surface area contributed by atoms with Crippen LogP contribution < -0.4 is 0 Å². The average Bonchev–Trinajstić information content (AvgIpc) is 2.38. The highest BCUT2D eigenvalue weighted by molar-refractivity contribution is 5.63. The Morgan fingerprint density at radius 3 is 2.44 bits per heavy atom. The van der Waals surface area contributed by atoms with Gasteiger partial charge < -0.3 is 0 Å². The van der Waals surface area contributed by atoms with E-state index in [2.05, 4.69) is 42.2 Å². The summed E-state index contributed by atoms with van der Waals surface area (Å²) in [6, 6.07) is 14.6. The van der Waals surface area contributed by atoms with Crippen molar-refractivity contribution in [2.75, 3.05) is 0 Å². The van der Waals surface area contributed by atoms with Gasteiger partial charge in [0.25, 0.3) is 0 Å². The van der Waals surface area contributed by atoms with Crippen LogP contribution in [0.3, 0.4) is 0 Å². The molecule has 0 bridgehead atoms. The van der Waals surface area contributed by atoms with Crippen molar-refractivity contribution in [3.05, 3.63) is 72.1 Å². The third-order valence-corrected chi connectivity index (χ3v) is 2.62. The minimum absolute atomic E-state index is 0.981. The third-order valence-electron chi connectivity index (χ3n) is 2.62. The molecule has 2 rings (SSSR count). The molecule has 2 aromatic rings. The summed E-state index contributed by atoms with van der Waals surface area (Å²) < 4.78 is 0. The molecule has 80 valence electrons. The zero-order valence-electron chi connectivity index (χ0n) is 9.43. The molecule has 0 fully saturated rings. The fourth-order valence-corrected chi connectivity index (χ4v) is 1.62. The standard InChI is InChI=1S/C15H15N/c1-13(15-9-11-16-12-10-15)7-8-14-5-3-2-4-6-14/h2-7,9-12H,8H2,1H3. The van der Waals surface area contributed by atoms with Crippen LogP contribution in [0.1, 0.15) is 18.1 Å². The topological polar surface area (TPSA) is 12.9 Å². The number of hydrogen-bond acceptors (Lipinski definition) is 1. The summed E-state index contributed by atoms with van der Waals surface area (Å²) in [5.41, 5.74) is 3.88. The first-order valence-corrected chi connectivity index (χ1v) is 5.47. The van der Waals surface area contributed by atoms with Gasteiger partial charge in [0.05, 0.1) is 0 Å². The molecule has 1 aromatic carbocycles. The van der Waals surface area contributed by atoms with Crippen LogP contribution in [0, 0.1) is 0 Å². The van der Waals surface area contributed by atoms with Gasteiger partial charge in [-0.3, -0.25) is 4.98 Å². The van der Waals surface area contributed by atoms with Crippen LogP contribution in [0.4, 0.5) is 0 Å². The van der Waals surface area contributed by atoms with Crippen molar-refractivity contribution in [3.63, 3.8) is 0 Å². The predicted molar refractivity (Wildman–Crippen MR) is 68.0 cm³/mol. The van der Waals surface area contributed by atoms with Crippen LogP contribution in [0.2, 0.25) is 0 Å². The van der Waals surface area contributed by atoms with Crippen LogP contribution >= 0.6 is 0 Å². The molecule has 16 heavy (non-hydrogen) atoms. The summed E-state index contributed by atoms with van der Waals surface area (Å²) in [6.07, 6.45) is 6.89. The van der Waals surface area contributed by atoms with Crippen LogP contribution in [0.5, 0.6) is 0 Å². The van der Waals surface area contributed by atoms with Gasteiger partial charge in [0, 0.05) is 12.4 Å². The highest BCUT2D eigenvalue weighted by Crippen LogP contribution is 2.13. The summed E-state index contributed by atoms with van der Waals surface area (Å²) in [4.78, 5) is 4.02. The lowest BCUT2D eigenvalue weighted by atomic mass is 10.1. The van der Waals surface area contributed by atoms with Crippen molar-refractivity contribution in [1.82, 2.24) is 4.98 Å². The molecule has 0 N–H and O–H groups in total. The van der Waals surface area contributed by atoms with Gasteiger partial charge in [0.15, 0.2) is 0 Å². The molecule has 0 atom stereocenters. The first kappa shape index (κ1) is 10.6. The molecule has 0 unspecified atom stereocenters. The molecule has 0 spiro atoms. The number of pyridine rings is 1. The van der Waals surface area contributed by atoms with Crippen molar-refractivity contribution in [3.8, 4) is 0 Å². The molecule has 0 aliphatic rings. The van der Waals surface area contributed by atoms with Gasteiger partial charge >= 0.3 is 0 Å². The Morgan fingerprint density at radius 2 is 1.75 bits per heavy atom. The highest BCUT2D eigenvalue weighted by Gasteiger charge is 1.94. The Kier molecular flexibility index (Phi) is 3.50. The van der Waals surface area contributed by atoms with E-state index < -0.39 is 0 Å². The second-order valence-corrected chi connectivity index (χ2v) is 3.81. The lowest BCUT2D eigenvalue weighted by Crippen LogP contribution is -1.83. The van der Waals surface area contributed by atoms with Crippen molar-refractivity contribution in [2.45, 2.75) is 13.3 Å². The minimum atomic E-state index is 0.981. The number of allylic oxidation sites excluding steroid dienone is 2. The number of aromatic nitrogens is 1. The molecule has 0 radical (unpaired) electrons. The molecular weight excluding hydrogens is 194 g/mol. The van der Waals surface area contributed by atoms with Gasteiger partial charge in [-0.05, 0) is 42.2 Å². The van der Waals surface area contributed by atoms with E-state index in [1.54, 1.807) is 0 Å². The fraction of sp³-hybridized carbons (Fsp3) is 0.133. The molecule has 1 heteroatoms. The minimum Gasteiger partial charge on any atom is -0.265 e. The Morgan fingerprint density at radius 1 is 1.06 bits per heavy atom.